The molecular weight excluding hydrogens is 264 g/mol. The highest BCUT2D eigenvalue weighted by atomic mass is 16.5. The monoisotopic (exact) mass is 286 g/mol. The Morgan fingerprint density at radius 2 is 1.48 bits per heavy atom. The van der Waals surface area contributed by atoms with Crippen molar-refractivity contribution in [3.63, 3.8) is 0 Å². The molecule has 21 heavy (non-hydrogen) atoms. The zero-order valence-corrected chi connectivity index (χ0v) is 13.1. The van der Waals surface area contributed by atoms with E-state index in [1.807, 2.05) is 12.1 Å². The molecule has 0 aromatic heterocycles. The summed E-state index contributed by atoms with van der Waals surface area (Å²) < 4.78 is 16.2. The largest absolute Gasteiger partial charge is 0.493 e. The molecule has 0 aliphatic heterocycles. The van der Waals surface area contributed by atoms with E-state index in [2.05, 4.69) is 31.2 Å². The Bertz CT molecular complexity index is 580. The van der Waals surface area contributed by atoms with Gasteiger partial charge < -0.3 is 14.2 Å². The van der Waals surface area contributed by atoms with Gasteiger partial charge in [0.05, 0.1) is 21.3 Å². The summed E-state index contributed by atoms with van der Waals surface area (Å²) >= 11 is 0. The van der Waals surface area contributed by atoms with Gasteiger partial charge in [-0.3, -0.25) is 0 Å². The van der Waals surface area contributed by atoms with Crippen LogP contribution in [-0.2, 0) is 6.42 Å². The zero-order valence-electron chi connectivity index (χ0n) is 13.1. The van der Waals surface area contributed by atoms with Crippen molar-refractivity contribution in [1.29, 1.82) is 0 Å². The summed E-state index contributed by atoms with van der Waals surface area (Å²) in [6.07, 6.45) is 2.22. The van der Waals surface area contributed by atoms with Gasteiger partial charge >= 0.3 is 0 Å². The molecule has 0 saturated carbocycles. The molecule has 0 heterocycles. The molecule has 3 heteroatoms. The fraction of sp³-hybridized carbons (Fsp3) is 0.333. The number of ether oxygens (including phenoxy) is 3. The molecule has 3 nitrogen and oxygen atoms in total. The minimum atomic E-state index is 0.619. The van der Waals surface area contributed by atoms with Crippen molar-refractivity contribution in [3.05, 3.63) is 42.0 Å². The van der Waals surface area contributed by atoms with Gasteiger partial charge in [0.15, 0.2) is 11.5 Å². The third-order valence-corrected chi connectivity index (χ3v) is 3.46. The van der Waals surface area contributed by atoms with Crippen molar-refractivity contribution in [2.24, 2.45) is 0 Å². The minimum absolute atomic E-state index is 0.619. The van der Waals surface area contributed by atoms with Crippen LogP contribution < -0.4 is 14.2 Å². The molecule has 2 aromatic carbocycles. The van der Waals surface area contributed by atoms with E-state index in [1.165, 1.54) is 5.56 Å². The molecular formula is C18H22O3. The standard InChI is InChI=1S/C18H22O3/c1-5-7-13-8-6-9-14(10-13)15-11-16(19-2)18(21-4)17(12-15)20-3/h6,8-12H,5,7H2,1-4H3. The lowest BCUT2D eigenvalue weighted by atomic mass is 10.0. The van der Waals surface area contributed by atoms with Crippen LogP contribution in [0.4, 0.5) is 0 Å². The lowest BCUT2D eigenvalue weighted by Crippen LogP contribution is -1.96. The van der Waals surface area contributed by atoms with Crippen molar-refractivity contribution >= 4 is 0 Å². The van der Waals surface area contributed by atoms with Gasteiger partial charge in [0.2, 0.25) is 5.75 Å². The molecule has 0 aliphatic rings. The maximum absolute atomic E-state index is 5.41. The van der Waals surface area contributed by atoms with Gasteiger partial charge in [-0.05, 0) is 35.2 Å². The first-order valence-electron chi connectivity index (χ1n) is 7.12. The second-order valence-electron chi connectivity index (χ2n) is 4.86. The molecule has 0 amide bonds. The van der Waals surface area contributed by atoms with Gasteiger partial charge in [0, 0.05) is 0 Å². The van der Waals surface area contributed by atoms with Crippen LogP contribution in [0.3, 0.4) is 0 Å². The molecule has 0 radical (unpaired) electrons. The molecule has 0 saturated heterocycles. The summed E-state index contributed by atoms with van der Waals surface area (Å²) in [5.74, 6) is 1.97. The van der Waals surface area contributed by atoms with Gasteiger partial charge in [0.1, 0.15) is 0 Å². The van der Waals surface area contributed by atoms with Crippen molar-refractivity contribution in [1.82, 2.24) is 0 Å². The Balaban J connectivity index is 2.50. The van der Waals surface area contributed by atoms with Gasteiger partial charge in [-0.15, -0.1) is 0 Å². The molecule has 2 rings (SSSR count). The van der Waals surface area contributed by atoms with Crippen LogP contribution in [0.25, 0.3) is 11.1 Å². The summed E-state index contributed by atoms with van der Waals surface area (Å²) in [4.78, 5) is 0. The Labute approximate surface area is 126 Å². The van der Waals surface area contributed by atoms with E-state index in [4.69, 9.17) is 14.2 Å². The molecule has 0 bridgehead atoms. The Kier molecular flexibility index (Phi) is 5.09. The van der Waals surface area contributed by atoms with E-state index in [1.54, 1.807) is 21.3 Å². The van der Waals surface area contributed by atoms with E-state index >= 15 is 0 Å². The van der Waals surface area contributed by atoms with Crippen LogP contribution in [0, 0.1) is 0 Å². The van der Waals surface area contributed by atoms with Crippen LogP contribution in [0.2, 0.25) is 0 Å². The van der Waals surface area contributed by atoms with Crippen LogP contribution in [0.1, 0.15) is 18.9 Å². The number of aryl methyl sites for hydroxylation is 1. The van der Waals surface area contributed by atoms with Crippen molar-refractivity contribution in [2.75, 3.05) is 21.3 Å². The minimum Gasteiger partial charge on any atom is -0.493 e. The molecule has 0 aliphatic carbocycles. The van der Waals surface area contributed by atoms with Crippen molar-refractivity contribution in [3.8, 4) is 28.4 Å². The van der Waals surface area contributed by atoms with Crippen LogP contribution in [0.15, 0.2) is 36.4 Å². The number of hydrogen-bond acceptors (Lipinski definition) is 3. The number of benzene rings is 2. The third-order valence-electron chi connectivity index (χ3n) is 3.46. The predicted octanol–water partition coefficient (Wildman–Crippen LogP) is 4.33. The Hall–Kier alpha value is -2.16. The van der Waals surface area contributed by atoms with Crippen LogP contribution in [0.5, 0.6) is 17.2 Å². The normalized spacial score (nSPS) is 10.3. The number of rotatable bonds is 6. The lowest BCUT2D eigenvalue weighted by Gasteiger charge is -2.14. The summed E-state index contributed by atoms with van der Waals surface area (Å²) in [5.41, 5.74) is 3.55. The highest BCUT2D eigenvalue weighted by Gasteiger charge is 2.14. The molecule has 112 valence electrons. The van der Waals surface area contributed by atoms with Crippen molar-refractivity contribution in [2.45, 2.75) is 19.8 Å². The van der Waals surface area contributed by atoms with E-state index in [0.29, 0.717) is 17.2 Å². The maximum atomic E-state index is 5.41. The van der Waals surface area contributed by atoms with E-state index in [9.17, 15) is 0 Å². The zero-order chi connectivity index (χ0) is 15.2. The van der Waals surface area contributed by atoms with Crippen molar-refractivity contribution < 1.29 is 14.2 Å². The SMILES string of the molecule is CCCc1cccc(-c2cc(OC)c(OC)c(OC)c2)c1. The number of hydrogen-bond donors (Lipinski definition) is 0. The first-order valence-corrected chi connectivity index (χ1v) is 7.12. The Morgan fingerprint density at radius 1 is 0.810 bits per heavy atom. The smallest absolute Gasteiger partial charge is 0.203 e. The second-order valence-corrected chi connectivity index (χ2v) is 4.86. The first kappa shape index (κ1) is 15.2. The second kappa shape index (κ2) is 7.02. The van der Waals surface area contributed by atoms with E-state index < -0.39 is 0 Å². The molecule has 0 N–H and O–H groups in total. The van der Waals surface area contributed by atoms with Crippen LogP contribution >= 0.6 is 0 Å². The fourth-order valence-corrected chi connectivity index (χ4v) is 2.44. The Morgan fingerprint density at radius 3 is 2.00 bits per heavy atom. The molecule has 2 aromatic rings. The molecule has 0 atom stereocenters. The highest BCUT2D eigenvalue weighted by molar-refractivity contribution is 5.71. The van der Waals surface area contributed by atoms with Gasteiger partial charge in [-0.2, -0.15) is 0 Å². The third kappa shape index (κ3) is 3.30. The summed E-state index contributed by atoms with van der Waals surface area (Å²) in [6.45, 7) is 2.19. The van der Waals surface area contributed by atoms with Gasteiger partial charge in [-0.1, -0.05) is 37.6 Å². The van der Waals surface area contributed by atoms with E-state index in [-0.39, 0.29) is 0 Å². The predicted molar refractivity (Wildman–Crippen MR) is 85.5 cm³/mol. The summed E-state index contributed by atoms with van der Waals surface area (Å²) in [7, 11) is 4.88. The number of methoxy groups -OCH3 is 3. The highest BCUT2D eigenvalue weighted by Crippen LogP contribution is 2.41. The maximum Gasteiger partial charge on any atom is 0.203 e. The topological polar surface area (TPSA) is 27.7 Å². The van der Waals surface area contributed by atoms with Crippen LogP contribution in [-0.4, -0.2) is 21.3 Å². The summed E-state index contributed by atoms with van der Waals surface area (Å²) in [5, 5.41) is 0. The fourth-order valence-electron chi connectivity index (χ4n) is 2.44. The lowest BCUT2D eigenvalue weighted by molar-refractivity contribution is 0.324. The summed E-state index contributed by atoms with van der Waals surface area (Å²) in [6, 6.07) is 12.5. The average Bonchev–Trinajstić information content (AvgIpc) is 2.54. The molecule has 0 fully saturated rings. The van der Waals surface area contributed by atoms with Gasteiger partial charge in [0.25, 0.3) is 0 Å². The van der Waals surface area contributed by atoms with E-state index in [0.717, 1.165) is 24.0 Å². The molecule has 0 unspecified atom stereocenters. The quantitative estimate of drug-likeness (QED) is 0.791. The molecule has 0 spiro atoms. The first-order chi connectivity index (χ1) is 10.2. The van der Waals surface area contributed by atoms with Gasteiger partial charge in [-0.25, -0.2) is 0 Å². The average molecular weight is 286 g/mol.